The first-order valence-electron chi connectivity index (χ1n) is 5.14. The van der Waals surface area contributed by atoms with Crippen LogP contribution >= 0.6 is 11.8 Å². The molecule has 1 heterocycles. The number of carbonyl (C=O) groups is 1. The zero-order valence-electron chi connectivity index (χ0n) is 9.53. The van der Waals surface area contributed by atoms with Crippen molar-refractivity contribution in [2.75, 3.05) is 16.8 Å². The number of nitrogens with one attached hydrogen (secondary N) is 1. The van der Waals surface area contributed by atoms with E-state index in [1.807, 2.05) is 6.92 Å². The number of hydrogen-bond acceptors (Lipinski definition) is 5. The van der Waals surface area contributed by atoms with Crippen molar-refractivity contribution in [1.29, 1.82) is 0 Å². The summed E-state index contributed by atoms with van der Waals surface area (Å²) in [5.41, 5.74) is 6.35. The lowest BCUT2D eigenvalue weighted by molar-refractivity contribution is -0.113. The predicted molar refractivity (Wildman–Crippen MR) is 65.5 cm³/mol. The van der Waals surface area contributed by atoms with Crippen molar-refractivity contribution >= 4 is 23.6 Å². The Balaban J connectivity index is 2.16. The average Bonchev–Trinajstić information content (AvgIpc) is 2.58. The molecule has 90 valence electrons. The summed E-state index contributed by atoms with van der Waals surface area (Å²) in [4.78, 5) is 11.4. The second-order valence-electron chi connectivity index (χ2n) is 3.70. The minimum absolute atomic E-state index is 0.0779. The molecule has 5 nitrogen and oxygen atoms in total. The van der Waals surface area contributed by atoms with Crippen LogP contribution in [0.25, 0.3) is 0 Å². The molecule has 0 aromatic carbocycles. The van der Waals surface area contributed by atoms with Gasteiger partial charge >= 0.3 is 0 Å². The van der Waals surface area contributed by atoms with Gasteiger partial charge in [0.2, 0.25) is 11.8 Å². The SMILES string of the molecule is Cc1cc(NC(=O)CSCCC(C)N)on1. The van der Waals surface area contributed by atoms with Gasteiger partial charge in [-0.05, 0) is 26.0 Å². The molecule has 0 bridgehead atoms. The van der Waals surface area contributed by atoms with E-state index in [9.17, 15) is 4.79 Å². The number of rotatable bonds is 6. The fraction of sp³-hybridized carbons (Fsp3) is 0.600. The molecule has 1 atom stereocenters. The van der Waals surface area contributed by atoms with Crippen LogP contribution in [0.1, 0.15) is 19.0 Å². The van der Waals surface area contributed by atoms with Crippen molar-refractivity contribution < 1.29 is 9.32 Å². The second-order valence-corrected chi connectivity index (χ2v) is 4.80. The van der Waals surface area contributed by atoms with Gasteiger partial charge in [-0.2, -0.15) is 11.8 Å². The molecule has 0 aliphatic rings. The Morgan fingerprint density at radius 2 is 2.50 bits per heavy atom. The fourth-order valence-corrected chi connectivity index (χ4v) is 1.97. The maximum absolute atomic E-state index is 11.4. The van der Waals surface area contributed by atoms with Crippen LogP contribution in [0.3, 0.4) is 0 Å². The number of aromatic nitrogens is 1. The van der Waals surface area contributed by atoms with Crippen LogP contribution in [-0.2, 0) is 4.79 Å². The Kier molecular flexibility index (Phi) is 5.34. The molecular weight excluding hydrogens is 226 g/mol. The molecule has 0 spiro atoms. The van der Waals surface area contributed by atoms with Crippen molar-refractivity contribution in [3.05, 3.63) is 11.8 Å². The molecule has 16 heavy (non-hydrogen) atoms. The van der Waals surface area contributed by atoms with Gasteiger partial charge in [-0.15, -0.1) is 0 Å². The summed E-state index contributed by atoms with van der Waals surface area (Å²) >= 11 is 1.56. The lowest BCUT2D eigenvalue weighted by atomic mass is 10.3. The number of hydrogen-bond donors (Lipinski definition) is 2. The summed E-state index contributed by atoms with van der Waals surface area (Å²) in [6, 6.07) is 1.87. The molecule has 0 fully saturated rings. The Morgan fingerprint density at radius 1 is 1.75 bits per heavy atom. The first-order valence-corrected chi connectivity index (χ1v) is 6.30. The minimum atomic E-state index is -0.0779. The number of anilines is 1. The van der Waals surface area contributed by atoms with Gasteiger partial charge in [-0.25, -0.2) is 0 Å². The number of aryl methyl sites for hydroxylation is 1. The molecule has 1 aromatic rings. The third-order valence-electron chi connectivity index (χ3n) is 1.84. The maximum atomic E-state index is 11.4. The molecule has 0 aliphatic heterocycles. The van der Waals surface area contributed by atoms with Gasteiger partial charge in [0.1, 0.15) is 0 Å². The van der Waals surface area contributed by atoms with Gasteiger partial charge in [-0.1, -0.05) is 5.16 Å². The van der Waals surface area contributed by atoms with E-state index in [1.54, 1.807) is 24.8 Å². The van der Waals surface area contributed by atoms with Gasteiger partial charge in [0.25, 0.3) is 0 Å². The molecule has 0 aliphatic carbocycles. The smallest absolute Gasteiger partial charge is 0.236 e. The molecule has 1 amide bonds. The van der Waals surface area contributed by atoms with Crippen molar-refractivity contribution in [2.45, 2.75) is 26.3 Å². The maximum Gasteiger partial charge on any atom is 0.236 e. The molecule has 3 N–H and O–H groups in total. The third kappa shape index (κ3) is 5.18. The Hall–Kier alpha value is -1.01. The summed E-state index contributed by atoms with van der Waals surface area (Å²) in [7, 11) is 0. The summed E-state index contributed by atoms with van der Waals surface area (Å²) in [5, 5.41) is 6.31. The zero-order chi connectivity index (χ0) is 12.0. The highest BCUT2D eigenvalue weighted by atomic mass is 32.2. The Labute approximate surface area is 99.1 Å². The van der Waals surface area contributed by atoms with Gasteiger partial charge in [-0.3, -0.25) is 10.1 Å². The number of thioether (sulfide) groups is 1. The summed E-state index contributed by atoms with van der Waals surface area (Å²) in [6.07, 6.45) is 0.916. The van der Waals surface area contributed by atoms with E-state index < -0.39 is 0 Å². The highest BCUT2D eigenvalue weighted by Gasteiger charge is 2.06. The Bertz CT molecular complexity index is 339. The number of carbonyl (C=O) groups excluding carboxylic acids is 1. The van der Waals surface area contributed by atoms with E-state index >= 15 is 0 Å². The largest absolute Gasteiger partial charge is 0.338 e. The van der Waals surface area contributed by atoms with Crippen molar-refractivity contribution in [3.63, 3.8) is 0 Å². The van der Waals surface area contributed by atoms with Crippen LogP contribution in [0.4, 0.5) is 5.88 Å². The highest BCUT2D eigenvalue weighted by molar-refractivity contribution is 7.99. The fourth-order valence-electron chi connectivity index (χ4n) is 1.03. The van der Waals surface area contributed by atoms with Crippen LogP contribution in [0, 0.1) is 6.92 Å². The average molecular weight is 243 g/mol. The lowest BCUT2D eigenvalue weighted by Gasteiger charge is -2.04. The first kappa shape index (κ1) is 13.1. The number of nitrogens with two attached hydrogens (primary N) is 1. The molecule has 1 rings (SSSR count). The van der Waals surface area contributed by atoms with Crippen LogP contribution in [0.15, 0.2) is 10.6 Å². The normalized spacial score (nSPS) is 12.4. The molecule has 0 saturated carbocycles. The van der Waals surface area contributed by atoms with Crippen LogP contribution in [0.2, 0.25) is 0 Å². The van der Waals surface area contributed by atoms with Crippen molar-refractivity contribution in [3.8, 4) is 0 Å². The van der Waals surface area contributed by atoms with Crippen LogP contribution < -0.4 is 11.1 Å². The molecule has 1 unspecified atom stereocenters. The predicted octanol–water partition coefficient (Wildman–Crippen LogP) is 1.39. The van der Waals surface area contributed by atoms with Crippen LogP contribution in [0.5, 0.6) is 0 Å². The van der Waals surface area contributed by atoms with E-state index in [-0.39, 0.29) is 11.9 Å². The molecule has 6 heteroatoms. The topological polar surface area (TPSA) is 81.2 Å². The lowest BCUT2D eigenvalue weighted by Crippen LogP contribution is -2.17. The van der Waals surface area contributed by atoms with Crippen LogP contribution in [-0.4, -0.2) is 28.6 Å². The quantitative estimate of drug-likeness (QED) is 0.738. The van der Waals surface area contributed by atoms with E-state index in [0.29, 0.717) is 11.6 Å². The van der Waals surface area contributed by atoms with Crippen molar-refractivity contribution in [1.82, 2.24) is 5.16 Å². The number of nitrogens with zero attached hydrogens (tertiary/aromatic N) is 1. The second kappa shape index (κ2) is 6.55. The Morgan fingerprint density at radius 3 is 3.06 bits per heavy atom. The summed E-state index contributed by atoms with van der Waals surface area (Å²) < 4.78 is 4.87. The number of amides is 1. The van der Waals surface area contributed by atoms with E-state index in [2.05, 4.69) is 10.5 Å². The van der Waals surface area contributed by atoms with Crippen molar-refractivity contribution in [2.24, 2.45) is 5.73 Å². The van der Waals surface area contributed by atoms with Gasteiger partial charge < -0.3 is 10.3 Å². The summed E-state index contributed by atoms with van der Waals surface area (Å²) in [5.74, 6) is 1.62. The summed E-state index contributed by atoms with van der Waals surface area (Å²) in [6.45, 7) is 3.76. The zero-order valence-corrected chi connectivity index (χ0v) is 10.3. The molecule has 1 aromatic heterocycles. The van der Waals surface area contributed by atoms with E-state index in [4.69, 9.17) is 10.3 Å². The molecule has 0 radical (unpaired) electrons. The molecule has 0 saturated heterocycles. The monoisotopic (exact) mass is 243 g/mol. The minimum Gasteiger partial charge on any atom is -0.338 e. The standard InChI is InChI=1S/C10H17N3O2S/c1-7(11)3-4-16-6-9(14)12-10-5-8(2)13-15-10/h5,7H,3-4,6,11H2,1-2H3,(H,12,14). The van der Waals surface area contributed by atoms with Gasteiger partial charge in [0.15, 0.2) is 0 Å². The molecular formula is C10H17N3O2S. The van der Waals surface area contributed by atoms with E-state index in [1.165, 1.54) is 0 Å². The highest BCUT2D eigenvalue weighted by Crippen LogP contribution is 2.10. The third-order valence-corrected chi connectivity index (χ3v) is 2.83. The first-order chi connectivity index (χ1) is 7.58. The van der Waals surface area contributed by atoms with Gasteiger partial charge in [0, 0.05) is 12.1 Å². The van der Waals surface area contributed by atoms with E-state index in [0.717, 1.165) is 17.9 Å². The van der Waals surface area contributed by atoms with Gasteiger partial charge in [0.05, 0.1) is 11.4 Å².